The lowest BCUT2D eigenvalue weighted by Gasteiger charge is -2.50. The van der Waals surface area contributed by atoms with Crippen molar-refractivity contribution in [2.24, 2.45) is 11.8 Å². The summed E-state index contributed by atoms with van der Waals surface area (Å²) in [5.74, 6) is 1.23. The number of ether oxygens (including phenoxy) is 2. The fourth-order valence-electron chi connectivity index (χ4n) is 7.51. The van der Waals surface area contributed by atoms with Crippen LogP contribution in [0, 0.1) is 11.8 Å². The van der Waals surface area contributed by atoms with E-state index in [-0.39, 0.29) is 18.6 Å². The summed E-state index contributed by atoms with van der Waals surface area (Å²) in [6.07, 6.45) is 11.3. The van der Waals surface area contributed by atoms with Crippen LogP contribution in [0.1, 0.15) is 75.3 Å². The summed E-state index contributed by atoms with van der Waals surface area (Å²) in [5, 5.41) is 18.2. The topological polar surface area (TPSA) is 58.9 Å². The van der Waals surface area contributed by atoms with Crippen molar-refractivity contribution in [1.82, 2.24) is 0 Å². The van der Waals surface area contributed by atoms with Gasteiger partial charge in [0.05, 0.1) is 12.2 Å². The Morgan fingerprint density at radius 1 is 0.600 bits per heavy atom. The van der Waals surface area contributed by atoms with Crippen LogP contribution >= 0.6 is 0 Å². The van der Waals surface area contributed by atoms with Gasteiger partial charge in [-0.25, -0.2) is 0 Å². The van der Waals surface area contributed by atoms with Crippen molar-refractivity contribution in [2.75, 3.05) is 26.4 Å². The third-order valence-electron chi connectivity index (χ3n) is 8.98. The maximum atomic E-state index is 9.12. The minimum Gasteiger partial charge on any atom is -0.396 e. The van der Waals surface area contributed by atoms with Crippen molar-refractivity contribution in [3.05, 3.63) is 59.7 Å². The number of hydrogen-bond donors (Lipinski definition) is 2. The Hall–Kier alpha value is -1.72. The van der Waals surface area contributed by atoms with E-state index in [1.807, 2.05) is 0 Å². The SMILES string of the molecule is OCCCOC1CCC(C2(C3CCC(OCCCO)CC3)c3ccccc3-c3ccccc32)CC1. The van der Waals surface area contributed by atoms with Gasteiger partial charge in [-0.15, -0.1) is 0 Å². The molecule has 2 aromatic carbocycles. The highest BCUT2D eigenvalue weighted by molar-refractivity contribution is 5.81. The molecule has 0 amide bonds. The number of aliphatic hydroxyl groups is 2. The van der Waals surface area contributed by atoms with Crippen LogP contribution in [-0.4, -0.2) is 48.8 Å². The third-order valence-corrected chi connectivity index (χ3v) is 8.98. The monoisotopic (exact) mass is 478 g/mol. The number of benzene rings is 2. The van der Waals surface area contributed by atoms with Crippen molar-refractivity contribution >= 4 is 0 Å². The first-order chi connectivity index (χ1) is 17.3. The molecule has 0 radical (unpaired) electrons. The van der Waals surface area contributed by atoms with Crippen LogP contribution < -0.4 is 0 Å². The molecular weight excluding hydrogens is 436 g/mol. The van der Waals surface area contributed by atoms with Gasteiger partial charge in [-0.2, -0.15) is 0 Å². The van der Waals surface area contributed by atoms with Gasteiger partial charge in [0.1, 0.15) is 0 Å². The fourth-order valence-corrected chi connectivity index (χ4v) is 7.51. The van der Waals surface area contributed by atoms with Crippen LogP contribution in [0.15, 0.2) is 48.5 Å². The largest absolute Gasteiger partial charge is 0.396 e. The van der Waals surface area contributed by atoms with Crippen molar-refractivity contribution in [3.8, 4) is 11.1 Å². The van der Waals surface area contributed by atoms with E-state index in [1.165, 1.54) is 36.8 Å². The van der Waals surface area contributed by atoms with E-state index in [9.17, 15) is 0 Å². The fraction of sp³-hybridized carbons (Fsp3) is 0.613. The Bertz CT molecular complexity index is 863. The van der Waals surface area contributed by atoms with E-state index in [1.54, 1.807) is 11.1 Å². The second-order valence-corrected chi connectivity index (χ2v) is 10.8. The van der Waals surface area contributed by atoms with Crippen LogP contribution in [0.4, 0.5) is 0 Å². The molecule has 2 aromatic rings. The summed E-state index contributed by atoms with van der Waals surface area (Å²) < 4.78 is 12.2. The maximum Gasteiger partial charge on any atom is 0.0575 e. The van der Waals surface area contributed by atoms with E-state index in [2.05, 4.69) is 48.5 Å². The lowest BCUT2D eigenvalue weighted by molar-refractivity contribution is -0.0165. The summed E-state index contributed by atoms with van der Waals surface area (Å²) >= 11 is 0. The maximum absolute atomic E-state index is 9.12. The molecule has 190 valence electrons. The highest BCUT2D eigenvalue weighted by Gasteiger charge is 2.54. The lowest BCUT2D eigenvalue weighted by atomic mass is 9.54. The first-order valence-electron chi connectivity index (χ1n) is 13.9. The van der Waals surface area contributed by atoms with Gasteiger partial charge in [0, 0.05) is 31.8 Å². The average Bonchev–Trinajstić information content (AvgIpc) is 3.21. The standard InChI is InChI=1S/C31H42O4/c32-19-5-21-34-25-15-11-23(12-16-25)31(24-13-17-26(18-14-24)35-22-6-20-33)29-9-3-1-7-27(29)28-8-2-4-10-30(28)31/h1-4,7-10,23-26,32-33H,5-6,11-22H2. The number of fused-ring (bicyclic) bond motifs is 3. The molecule has 2 N–H and O–H groups in total. The molecule has 5 rings (SSSR count). The van der Waals surface area contributed by atoms with Crippen molar-refractivity contribution in [3.63, 3.8) is 0 Å². The Kier molecular flexibility index (Phi) is 8.24. The van der Waals surface area contributed by atoms with Crippen molar-refractivity contribution < 1.29 is 19.7 Å². The molecule has 0 spiro atoms. The van der Waals surface area contributed by atoms with Gasteiger partial charge in [-0.3, -0.25) is 0 Å². The molecule has 4 nitrogen and oxygen atoms in total. The third kappa shape index (κ3) is 4.83. The minimum atomic E-state index is 0.0688. The highest BCUT2D eigenvalue weighted by Crippen LogP contribution is 2.61. The Morgan fingerprint density at radius 3 is 1.40 bits per heavy atom. The van der Waals surface area contributed by atoms with Crippen molar-refractivity contribution in [2.45, 2.75) is 81.8 Å². The molecule has 0 bridgehead atoms. The smallest absolute Gasteiger partial charge is 0.0575 e. The number of hydrogen-bond acceptors (Lipinski definition) is 4. The molecule has 0 heterocycles. The summed E-state index contributed by atoms with van der Waals surface area (Å²) in [4.78, 5) is 0. The summed E-state index contributed by atoms with van der Waals surface area (Å²) in [7, 11) is 0. The highest BCUT2D eigenvalue weighted by atomic mass is 16.5. The zero-order chi connectivity index (χ0) is 24.1. The molecule has 3 aliphatic rings. The van der Waals surface area contributed by atoms with Gasteiger partial charge in [-0.05, 0) is 98.3 Å². The molecule has 0 aromatic heterocycles. The average molecular weight is 479 g/mol. The van der Waals surface area contributed by atoms with Crippen LogP contribution in [-0.2, 0) is 14.9 Å². The Balaban J connectivity index is 1.43. The molecule has 0 unspecified atom stereocenters. The van der Waals surface area contributed by atoms with E-state index < -0.39 is 0 Å². The van der Waals surface area contributed by atoms with E-state index >= 15 is 0 Å². The van der Waals surface area contributed by atoms with Gasteiger partial charge in [0.15, 0.2) is 0 Å². The molecule has 2 fully saturated rings. The van der Waals surface area contributed by atoms with E-state index in [0.717, 1.165) is 38.5 Å². The van der Waals surface area contributed by atoms with Crippen LogP contribution in [0.2, 0.25) is 0 Å². The summed E-state index contributed by atoms with van der Waals surface area (Å²) in [6, 6.07) is 18.4. The second kappa shape index (κ2) is 11.6. The van der Waals surface area contributed by atoms with Crippen LogP contribution in [0.5, 0.6) is 0 Å². The van der Waals surface area contributed by atoms with Gasteiger partial charge in [0.2, 0.25) is 0 Å². The summed E-state index contributed by atoms with van der Waals surface area (Å²) in [6.45, 7) is 1.75. The molecule has 2 saturated carbocycles. The molecule has 3 aliphatic carbocycles. The molecular formula is C31H42O4. The van der Waals surface area contributed by atoms with Crippen LogP contribution in [0.3, 0.4) is 0 Å². The first kappa shape index (κ1) is 25.0. The number of aliphatic hydroxyl groups excluding tert-OH is 2. The quantitative estimate of drug-likeness (QED) is 0.420. The molecule has 0 saturated heterocycles. The molecule has 0 aliphatic heterocycles. The minimum absolute atomic E-state index is 0.0688. The first-order valence-corrected chi connectivity index (χ1v) is 13.9. The van der Waals surface area contributed by atoms with E-state index in [0.29, 0.717) is 37.3 Å². The Labute approximate surface area is 210 Å². The van der Waals surface area contributed by atoms with Gasteiger partial charge >= 0.3 is 0 Å². The van der Waals surface area contributed by atoms with Gasteiger partial charge < -0.3 is 19.7 Å². The molecule has 35 heavy (non-hydrogen) atoms. The number of rotatable bonds is 10. The predicted molar refractivity (Wildman–Crippen MR) is 139 cm³/mol. The molecule has 4 heteroatoms. The van der Waals surface area contributed by atoms with Gasteiger partial charge in [0.25, 0.3) is 0 Å². The normalized spacial score (nSPS) is 27.4. The lowest BCUT2D eigenvalue weighted by Crippen LogP contribution is -2.46. The molecule has 0 atom stereocenters. The zero-order valence-corrected chi connectivity index (χ0v) is 21.0. The second-order valence-electron chi connectivity index (χ2n) is 10.8. The van der Waals surface area contributed by atoms with Crippen molar-refractivity contribution in [1.29, 1.82) is 0 Å². The van der Waals surface area contributed by atoms with Gasteiger partial charge in [-0.1, -0.05) is 48.5 Å². The van der Waals surface area contributed by atoms with E-state index in [4.69, 9.17) is 19.7 Å². The van der Waals surface area contributed by atoms with Crippen LogP contribution in [0.25, 0.3) is 11.1 Å². The summed E-state index contributed by atoms with van der Waals surface area (Å²) in [5.41, 5.74) is 6.04. The predicted octanol–water partition coefficient (Wildman–Crippen LogP) is 5.87. The zero-order valence-electron chi connectivity index (χ0n) is 21.0. The Morgan fingerprint density at radius 2 is 1.00 bits per heavy atom.